The summed E-state index contributed by atoms with van der Waals surface area (Å²) in [5.74, 6) is 0.146. The number of benzene rings is 2. The Morgan fingerprint density at radius 2 is 1.63 bits per heavy atom. The van der Waals surface area contributed by atoms with Crippen LogP contribution in [0, 0.1) is 6.92 Å². The third kappa shape index (κ3) is 5.07. The Bertz CT molecular complexity index is 1090. The molecule has 0 radical (unpaired) electrons. The van der Waals surface area contributed by atoms with Crippen LogP contribution in [-0.2, 0) is 11.8 Å². The monoisotopic (exact) mass is 424 g/mol. The molecule has 0 aliphatic carbocycles. The standard InChI is InChI=1S/C22H21ClN4O3/c1-14-19(21(23)27(2)26-14)12-13-20(28)24-16-6-4-15(5-7-16)22(29)25-17-8-10-18(30-3)11-9-17/h4-13H,1-3H3,(H,24,28)(H,25,29)/b13-12+. The zero-order valence-electron chi connectivity index (χ0n) is 16.8. The average molecular weight is 425 g/mol. The van der Waals surface area contributed by atoms with Crippen LogP contribution in [0.25, 0.3) is 6.08 Å². The van der Waals surface area contributed by atoms with E-state index in [9.17, 15) is 9.59 Å². The van der Waals surface area contributed by atoms with Crippen LogP contribution in [0.2, 0.25) is 5.15 Å². The molecule has 3 aromatic rings. The Labute approximate surface area is 179 Å². The molecule has 0 unspecified atom stereocenters. The molecule has 2 aromatic carbocycles. The molecule has 0 fully saturated rings. The Kier molecular flexibility index (Phi) is 6.54. The van der Waals surface area contributed by atoms with Crippen LogP contribution in [-0.4, -0.2) is 28.7 Å². The predicted molar refractivity (Wildman–Crippen MR) is 118 cm³/mol. The number of nitrogens with one attached hydrogen (secondary N) is 2. The molecular formula is C22H21ClN4O3. The number of rotatable bonds is 6. The van der Waals surface area contributed by atoms with E-state index in [1.807, 2.05) is 6.92 Å². The number of nitrogens with zero attached hydrogens (tertiary/aromatic N) is 2. The first-order chi connectivity index (χ1) is 14.4. The van der Waals surface area contributed by atoms with Gasteiger partial charge in [-0.3, -0.25) is 14.3 Å². The van der Waals surface area contributed by atoms with E-state index >= 15 is 0 Å². The summed E-state index contributed by atoms with van der Waals surface area (Å²) in [6.45, 7) is 1.82. The molecule has 0 bridgehead atoms. The van der Waals surface area contributed by atoms with Crippen LogP contribution >= 0.6 is 11.6 Å². The van der Waals surface area contributed by atoms with Crippen molar-refractivity contribution < 1.29 is 14.3 Å². The van der Waals surface area contributed by atoms with E-state index in [4.69, 9.17) is 16.3 Å². The van der Waals surface area contributed by atoms with Crippen LogP contribution in [0.15, 0.2) is 54.6 Å². The summed E-state index contributed by atoms with van der Waals surface area (Å²) in [4.78, 5) is 24.5. The minimum absolute atomic E-state index is 0.250. The van der Waals surface area contributed by atoms with Gasteiger partial charge in [-0.2, -0.15) is 5.10 Å². The fraction of sp³-hybridized carbons (Fsp3) is 0.136. The number of aryl methyl sites for hydroxylation is 2. The van der Waals surface area contributed by atoms with E-state index in [2.05, 4.69) is 15.7 Å². The topological polar surface area (TPSA) is 85.2 Å². The highest BCUT2D eigenvalue weighted by Crippen LogP contribution is 2.20. The van der Waals surface area contributed by atoms with Crippen molar-refractivity contribution in [2.45, 2.75) is 6.92 Å². The van der Waals surface area contributed by atoms with E-state index in [1.54, 1.807) is 73.4 Å². The molecule has 2 N–H and O–H groups in total. The fourth-order valence-electron chi connectivity index (χ4n) is 2.76. The number of carbonyl (C=O) groups is 2. The zero-order valence-corrected chi connectivity index (χ0v) is 17.5. The second-order valence-corrected chi connectivity index (χ2v) is 6.85. The normalized spacial score (nSPS) is 10.8. The van der Waals surface area contributed by atoms with Crippen LogP contribution in [0.5, 0.6) is 5.75 Å². The number of aromatic nitrogens is 2. The average Bonchev–Trinajstić information content (AvgIpc) is 2.98. The summed E-state index contributed by atoms with van der Waals surface area (Å²) in [6, 6.07) is 13.7. The van der Waals surface area contributed by atoms with Crippen molar-refractivity contribution >= 4 is 40.9 Å². The third-order valence-corrected chi connectivity index (χ3v) is 4.81. The Hall–Kier alpha value is -3.58. The summed E-state index contributed by atoms with van der Waals surface area (Å²) >= 11 is 6.15. The molecule has 0 saturated carbocycles. The summed E-state index contributed by atoms with van der Waals surface area (Å²) in [5.41, 5.74) is 3.13. The quantitative estimate of drug-likeness (QED) is 0.578. The van der Waals surface area contributed by atoms with E-state index in [-0.39, 0.29) is 11.8 Å². The van der Waals surface area contributed by atoms with Crippen LogP contribution in [0.1, 0.15) is 21.6 Å². The number of ether oxygens (including phenoxy) is 1. The van der Waals surface area contributed by atoms with Gasteiger partial charge >= 0.3 is 0 Å². The lowest BCUT2D eigenvalue weighted by Gasteiger charge is -2.07. The number of methoxy groups -OCH3 is 1. The van der Waals surface area contributed by atoms with Gasteiger partial charge in [-0.15, -0.1) is 0 Å². The minimum atomic E-state index is -0.315. The lowest BCUT2D eigenvalue weighted by atomic mass is 10.2. The van der Waals surface area contributed by atoms with Gasteiger partial charge in [0.2, 0.25) is 5.91 Å². The molecule has 8 heteroatoms. The molecular weight excluding hydrogens is 404 g/mol. The molecule has 0 spiro atoms. The maximum absolute atomic E-state index is 12.4. The maximum atomic E-state index is 12.4. The highest BCUT2D eigenvalue weighted by molar-refractivity contribution is 6.31. The van der Waals surface area contributed by atoms with Gasteiger partial charge in [-0.1, -0.05) is 11.6 Å². The van der Waals surface area contributed by atoms with Gasteiger partial charge < -0.3 is 15.4 Å². The molecule has 0 aliphatic rings. The molecule has 154 valence electrons. The van der Waals surface area contributed by atoms with Gasteiger partial charge in [0.05, 0.1) is 12.8 Å². The molecule has 7 nitrogen and oxygen atoms in total. The van der Waals surface area contributed by atoms with Crippen molar-refractivity contribution in [3.05, 3.63) is 76.6 Å². The number of amides is 2. The molecule has 1 aromatic heterocycles. The maximum Gasteiger partial charge on any atom is 0.255 e. The molecule has 3 rings (SSSR count). The summed E-state index contributed by atoms with van der Waals surface area (Å²) in [7, 11) is 3.32. The van der Waals surface area contributed by atoms with Crippen molar-refractivity contribution in [2.75, 3.05) is 17.7 Å². The zero-order chi connectivity index (χ0) is 21.7. The Morgan fingerprint density at radius 3 is 2.20 bits per heavy atom. The highest BCUT2D eigenvalue weighted by Gasteiger charge is 2.09. The first-order valence-corrected chi connectivity index (χ1v) is 9.49. The minimum Gasteiger partial charge on any atom is -0.497 e. The van der Waals surface area contributed by atoms with Crippen LogP contribution in [0.3, 0.4) is 0 Å². The van der Waals surface area contributed by atoms with E-state index < -0.39 is 0 Å². The second-order valence-electron chi connectivity index (χ2n) is 6.50. The number of halogens is 1. The first kappa shape index (κ1) is 21.1. The van der Waals surface area contributed by atoms with Crippen molar-refractivity contribution in [3.63, 3.8) is 0 Å². The van der Waals surface area contributed by atoms with E-state index in [0.717, 1.165) is 5.69 Å². The SMILES string of the molecule is COc1ccc(NC(=O)c2ccc(NC(=O)/C=C/c3c(C)nn(C)c3Cl)cc2)cc1. The van der Waals surface area contributed by atoms with Gasteiger partial charge in [-0.25, -0.2) is 0 Å². The third-order valence-electron chi connectivity index (χ3n) is 4.36. The highest BCUT2D eigenvalue weighted by atomic mass is 35.5. The summed E-state index contributed by atoms with van der Waals surface area (Å²) in [6.07, 6.45) is 3.01. The number of hydrogen-bond donors (Lipinski definition) is 2. The van der Waals surface area contributed by atoms with Gasteiger partial charge in [-0.05, 0) is 61.5 Å². The number of anilines is 2. The lowest BCUT2D eigenvalue weighted by molar-refractivity contribution is -0.111. The molecule has 0 saturated heterocycles. The Morgan fingerprint density at radius 1 is 1.03 bits per heavy atom. The van der Waals surface area contributed by atoms with E-state index in [1.165, 1.54) is 6.08 Å². The molecule has 30 heavy (non-hydrogen) atoms. The van der Waals surface area contributed by atoms with Gasteiger partial charge in [0.25, 0.3) is 5.91 Å². The van der Waals surface area contributed by atoms with Gasteiger partial charge in [0.15, 0.2) is 0 Å². The van der Waals surface area contributed by atoms with Crippen LogP contribution < -0.4 is 15.4 Å². The van der Waals surface area contributed by atoms with E-state index in [0.29, 0.717) is 33.4 Å². The van der Waals surface area contributed by atoms with Gasteiger partial charge in [0, 0.05) is 35.6 Å². The van der Waals surface area contributed by atoms with Crippen LogP contribution in [0.4, 0.5) is 11.4 Å². The van der Waals surface area contributed by atoms with Crippen molar-refractivity contribution in [2.24, 2.45) is 7.05 Å². The molecule has 1 heterocycles. The number of carbonyl (C=O) groups excluding carboxylic acids is 2. The Balaban J connectivity index is 1.60. The van der Waals surface area contributed by atoms with Crippen molar-refractivity contribution in [1.82, 2.24) is 9.78 Å². The molecule has 0 aliphatic heterocycles. The van der Waals surface area contributed by atoms with Crippen molar-refractivity contribution in [1.29, 1.82) is 0 Å². The first-order valence-electron chi connectivity index (χ1n) is 9.11. The predicted octanol–water partition coefficient (Wildman–Crippen LogP) is 4.29. The summed E-state index contributed by atoms with van der Waals surface area (Å²) < 4.78 is 6.64. The van der Waals surface area contributed by atoms with Gasteiger partial charge in [0.1, 0.15) is 10.9 Å². The fourth-order valence-corrected chi connectivity index (χ4v) is 3.00. The smallest absolute Gasteiger partial charge is 0.255 e. The lowest BCUT2D eigenvalue weighted by Crippen LogP contribution is -2.12. The largest absolute Gasteiger partial charge is 0.497 e. The number of hydrogen-bond acceptors (Lipinski definition) is 4. The molecule has 0 atom stereocenters. The summed E-state index contributed by atoms with van der Waals surface area (Å²) in [5, 5.41) is 10.2. The molecule has 2 amide bonds. The van der Waals surface area contributed by atoms with Crippen molar-refractivity contribution in [3.8, 4) is 5.75 Å². The second kappa shape index (κ2) is 9.28.